The second kappa shape index (κ2) is 6.91. The maximum atomic E-state index is 8.64. The van der Waals surface area contributed by atoms with Crippen molar-refractivity contribution in [2.75, 3.05) is 0 Å². The third kappa shape index (κ3) is 4.18. The molecule has 12 heavy (non-hydrogen) atoms. The Morgan fingerprint density at radius 2 is 2.08 bits per heavy atom. The van der Waals surface area contributed by atoms with Crippen molar-refractivity contribution in [1.82, 2.24) is 0 Å². The molecule has 0 fully saturated rings. The zero-order valence-corrected chi connectivity index (χ0v) is 8.27. The predicted molar refractivity (Wildman–Crippen MR) is 52.7 cm³/mol. The minimum absolute atomic E-state index is 0.432. The molecule has 0 spiro atoms. The van der Waals surface area contributed by atoms with Gasteiger partial charge >= 0.3 is 0 Å². The van der Waals surface area contributed by atoms with Crippen molar-refractivity contribution in [2.45, 2.75) is 46.0 Å². The van der Waals surface area contributed by atoms with Gasteiger partial charge in [-0.2, -0.15) is 5.26 Å². The van der Waals surface area contributed by atoms with E-state index in [9.17, 15) is 0 Å². The van der Waals surface area contributed by atoms with Gasteiger partial charge < -0.3 is 0 Å². The molecule has 1 atom stereocenters. The lowest BCUT2D eigenvalue weighted by atomic mass is 9.92. The van der Waals surface area contributed by atoms with Crippen LogP contribution >= 0.6 is 0 Å². The summed E-state index contributed by atoms with van der Waals surface area (Å²) in [7, 11) is 0. The van der Waals surface area contributed by atoms with E-state index in [-0.39, 0.29) is 0 Å². The molecule has 0 radical (unpaired) electrons. The van der Waals surface area contributed by atoms with E-state index < -0.39 is 0 Å². The molecule has 1 nitrogen and oxygen atoms in total. The van der Waals surface area contributed by atoms with Crippen LogP contribution in [0.3, 0.4) is 0 Å². The highest BCUT2D eigenvalue weighted by Gasteiger charge is 2.08. The second-order valence-corrected chi connectivity index (χ2v) is 3.24. The first kappa shape index (κ1) is 11.2. The molecule has 0 saturated heterocycles. The molecule has 0 rings (SSSR count). The normalized spacial score (nSPS) is 12.1. The Hall–Kier alpha value is -0.770. The van der Waals surface area contributed by atoms with Crippen molar-refractivity contribution < 1.29 is 0 Å². The quantitative estimate of drug-likeness (QED) is 0.435. The largest absolute Gasteiger partial charge is 0.193 e. The summed E-state index contributed by atoms with van der Waals surface area (Å²) < 4.78 is 0. The van der Waals surface area contributed by atoms with Crippen molar-refractivity contribution in [3.63, 3.8) is 0 Å². The summed E-state index contributed by atoms with van der Waals surface area (Å²) >= 11 is 0. The Labute approximate surface area is 76.1 Å². The third-order valence-corrected chi connectivity index (χ3v) is 2.29. The Kier molecular flexibility index (Phi) is 6.47. The third-order valence-electron chi connectivity index (χ3n) is 2.29. The summed E-state index contributed by atoms with van der Waals surface area (Å²) in [5.74, 6) is 0.432. The van der Waals surface area contributed by atoms with E-state index in [1.165, 1.54) is 19.3 Å². The molecule has 1 unspecified atom stereocenters. The van der Waals surface area contributed by atoms with E-state index in [0.717, 1.165) is 18.4 Å². The summed E-state index contributed by atoms with van der Waals surface area (Å²) in [6.45, 7) is 8.08. The van der Waals surface area contributed by atoms with Crippen molar-refractivity contribution in [3.05, 3.63) is 12.2 Å². The van der Waals surface area contributed by atoms with Crippen molar-refractivity contribution >= 4 is 0 Å². The van der Waals surface area contributed by atoms with Gasteiger partial charge in [0, 0.05) is 5.57 Å². The first-order valence-electron chi connectivity index (χ1n) is 4.85. The lowest BCUT2D eigenvalue weighted by Crippen LogP contribution is -2.00. The molecule has 68 valence electrons. The zero-order valence-electron chi connectivity index (χ0n) is 8.27. The van der Waals surface area contributed by atoms with Gasteiger partial charge in [-0.15, -0.1) is 0 Å². The van der Waals surface area contributed by atoms with Crippen LogP contribution in [0.5, 0.6) is 0 Å². The molecule has 0 amide bonds. The van der Waals surface area contributed by atoms with Crippen molar-refractivity contribution in [3.8, 4) is 6.07 Å². The SMILES string of the molecule is C=C(C#N)C(CC)CCCCC. The monoisotopic (exact) mass is 165 g/mol. The average molecular weight is 165 g/mol. The van der Waals surface area contributed by atoms with Crippen LogP contribution in [0.4, 0.5) is 0 Å². The average Bonchev–Trinajstić information content (AvgIpc) is 2.11. The molecule has 0 saturated carbocycles. The molecule has 0 heterocycles. The Morgan fingerprint density at radius 1 is 1.42 bits per heavy atom. The first-order chi connectivity index (χ1) is 5.76. The number of nitrogens with zero attached hydrogens (tertiary/aromatic N) is 1. The number of unbranched alkanes of at least 4 members (excludes halogenated alkanes) is 2. The lowest BCUT2D eigenvalue weighted by Gasteiger charge is -2.11. The highest BCUT2D eigenvalue weighted by Crippen LogP contribution is 2.19. The number of rotatable bonds is 6. The minimum Gasteiger partial charge on any atom is -0.193 e. The summed E-state index contributed by atoms with van der Waals surface area (Å²) in [4.78, 5) is 0. The molecule has 0 N–H and O–H groups in total. The summed E-state index contributed by atoms with van der Waals surface area (Å²) in [5, 5.41) is 8.64. The minimum atomic E-state index is 0.432. The van der Waals surface area contributed by atoms with Gasteiger partial charge in [0.25, 0.3) is 0 Å². The summed E-state index contributed by atoms with van der Waals surface area (Å²) in [6.07, 6.45) is 5.94. The van der Waals surface area contributed by atoms with Gasteiger partial charge in [-0.25, -0.2) is 0 Å². The van der Waals surface area contributed by atoms with Crippen LogP contribution in [0.1, 0.15) is 46.0 Å². The highest BCUT2D eigenvalue weighted by molar-refractivity contribution is 5.19. The fourth-order valence-corrected chi connectivity index (χ4v) is 1.36. The number of allylic oxidation sites excluding steroid dienone is 1. The van der Waals surface area contributed by atoms with Gasteiger partial charge in [0.1, 0.15) is 0 Å². The molecule has 0 aliphatic carbocycles. The van der Waals surface area contributed by atoms with Crippen LogP contribution in [0, 0.1) is 17.2 Å². The van der Waals surface area contributed by atoms with Crippen molar-refractivity contribution in [2.24, 2.45) is 5.92 Å². The van der Waals surface area contributed by atoms with E-state index in [4.69, 9.17) is 5.26 Å². The molecule has 0 aromatic carbocycles. The number of nitriles is 1. The van der Waals surface area contributed by atoms with Gasteiger partial charge in [0.05, 0.1) is 6.07 Å². The van der Waals surface area contributed by atoms with E-state index in [1.54, 1.807) is 0 Å². The molecule has 0 bridgehead atoms. The fourth-order valence-electron chi connectivity index (χ4n) is 1.36. The van der Waals surface area contributed by atoms with Gasteiger partial charge in [-0.1, -0.05) is 39.7 Å². The summed E-state index contributed by atoms with van der Waals surface area (Å²) in [5.41, 5.74) is 0.758. The molecule has 0 aromatic rings. The Bertz CT molecular complexity index is 164. The van der Waals surface area contributed by atoms with Gasteiger partial charge in [-0.05, 0) is 18.8 Å². The van der Waals surface area contributed by atoms with E-state index in [2.05, 4.69) is 26.5 Å². The molecule has 1 heteroatoms. The van der Waals surface area contributed by atoms with E-state index >= 15 is 0 Å². The molecule has 0 aliphatic rings. The van der Waals surface area contributed by atoms with Crippen LogP contribution < -0.4 is 0 Å². The maximum absolute atomic E-state index is 8.64. The summed E-state index contributed by atoms with van der Waals surface area (Å²) in [6, 6.07) is 2.15. The van der Waals surface area contributed by atoms with E-state index in [1.807, 2.05) is 0 Å². The zero-order chi connectivity index (χ0) is 9.40. The first-order valence-corrected chi connectivity index (χ1v) is 4.85. The van der Waals surface area contributed by atoms with Gasteiger partial charge in [0.15, 0.2) is 0 Å². The van der Waals surface area contributed by atoms with Crippen LogP contribution in [-0.2, 0) is 0 Å². The Morgan fingerprint density at radius 3 is 2.50 bits per heavy atom. The van der Waals surface area contributed by atoms with E-state index in [0.29, 0.717) is 5.92 Å². The van der Waals surface area contributed by atoms with Crippen LogP contribution in [-0.4, -0.2) is 0 Å². The van der Waals surface area contributed by atoms with Gasteiger partial charge in [0.2, 0.25) is 0 Å². The molecule has 0 aromatic heterocycles. The number of hydrogen-bond donors (Lipinski definition) is 0. The molecular weight excluding hydrogens is 146 g/mol. The standard InChI is InChI=1S/C11H19N/c1-4-6-7-8-11(5-2)10(3)9-12/h11H,3-8H2,1-2H3. The number of hydrogen-bond acceptors (Lipinski definition) is 1. The molecule has 0 aliphatic heterocycles. The Balaban J connectivity index is 3.69. The predicted octanol–water partition coefficient (Wildman–Crippen LogP) is 3.67. The molecular formula is C11H19N. The van der Waals surface area contributed by atoms with Crippen LogP contribution in [0.2, 0.25) is 0 Å². The van der Waals surface area contributed by atoms with Crippen molar-refractivity contribution in [1.29, 1.82) is 5.26 Å². The van der Waals surface area contributed by atoms with Gasteiger partial charge in [-0.3, -0.25) is 0 Å². The second-order valence-electron chi connectivity index (χ2n) is 3.24. The maximum Gasteiger partial charge on any atom is 0.0943 e. The van der Waals surface area contributed by atoms with Crippen LogP contribution in [0.15, 0.2) is 12.2 Å². The van der Waals surface area contributed by atoms with Crippen LogP contribution in [0.25, 0.3) is 0 Å². The smallest absolute Gasteiger partial charge is 0.0943 e. The highest BCUT2D eigenvalue weighted by atomic mass is 14.3. The fraction of sp³-hybridized carbons (Fsp3) is 0.727. The lowest BCUT2D eigenvalue weighted by molar-refractivity contribution is 0.514. The topological polar surface area (TPSA) is 23.8 Å².